The van der Waals surface area contributed by atoms with Gasteiger partial charge in [0.1, 0.15) is 0 Å². The summed E-state index contributed by atoms with van der Waals surface area (Å²) >= 11 is 0. The third-order valence-electron chi connectivity index (χ3n) is 1.31. The highest BCUT2D eigenvalue weighted by molar-refractivity contribution is 7.79. The first kappa shape index (κ1) is 14.3. The molecule has 16 heavy (non-hydrogen) atoms. The molecule has 0 aliphatic rings. The lowest BCUT2D eigenvalue weighted by Gasteiger charge is -2.02. The van der Waals surface area contributed by atoms with Crippen LogP contribution in [0.2, 0.25) is 0 Å². The summed E-state index contributed by atoms with van der Waals surface area (Å²) in [5.74, 6) is 4.09. The van der Waals surface area contributed by atoms with Crippen molar-refractivity contribution in [2.45, 2.75) is 0 Å². The van der Waals surface area contributed by atoms with Crippen molar-refractivity contribution >= 4 is 22.1 Å². The van der Waals surface area contributed by atoms with E-state index in [0.717, 1.165) is 0 Å². The quantitative estimate of drug-likeness (QED) is 0.280. The summed E-state index contributed by atoms with van der Waals surface area (Å²) in [5, 5.41) is 8.60. The monoisotopic (exact) mass is 250 g/mol. The van der Waals surface area contributed by atoms with Crippen LogP contribution in [0.1, 0.15) is 10.4 Å². The second-order valence-corrected chi connectivity index (χ2v) is 3.34. The Kier molecular flexibility index (Phi) is 5.39. The third kappa shape index (κ3) is 6.73. The molecular weight excluding hydrogens is 240 g/mol. The predicted octanol–water partition coefficient (Wildman–Crippen LogP) is 0.0176. The lowest BCUT2D eigenvalue weighted by molar-refractivity contribution is 0.0698. The van der Waals surface area contributed by atoms with Gasteiger partial charge in [-0.25, -0.2) is 4.79 Å². The molecule has 0 aromatic heterocycles. The third-order valence-corrected chi connectivity index (χ3v) is 1.31. The van der Waals surface area contributed by atoms with Gasteiger partial charge in [-0.2, -0.15) is 8.42 Å². The SMILES string of the molecule is NNc1ccccc1C(=O)O.O=S(=O)(O)O. The molecule has 0 unspecified atom stereocenters. The topological polar surface area (TPSA) is 150 Å². The van der Waals surface area contributed by atoms with Crippen LogP contribution in [0.25, 0.3) is 0 Å². The number of para-hydroxylation sites is 1. The lowest BCUT2D eigenvalue weighted by atomic mass is 10.2. The molecule has 0 heterocycles. The van der Waals surface area contributed by atoms with Gasteiger partial charge in [0.2, 0.25) is 0 Å². The Morgan fingerprint density at radius 3 is 2.00 bits per heavy atom. The summed E-state index contributed by atoms with van der Waals surface area (Å²) in [7, 11) is -4.67. The van der Waals surface area contributed by atoms with Crippen molar-refractivity contribution in [1.29, 1.82) is 0 Å². The molecule has 0 bridgehead atoms. The average molecular weight is 250 g/mol. The van der Waals surface area contributed by atoms with Crippen LogP contribution in [0, 0.1) is 0 Å². The van der Waals surface area contributed by atoms with Gasteiger partial charge in [-0.15, -0.1) is 0 Å². The minimum absolute atomic E-state index is 0.176. The number of nitrogens with one attached hydrogen (secondary N) is 1. The van der Waals surface area contributed by atoms with Gasteiger partial charge in [0, 0.05) is 0 Å². The maximum atomic E-state index is 10.5. The number of hydrazine groups is 1. The second-order valence-electron chi connectivity index (χ2n) is 2.44. The van der Waals surface area contributed by atoms with Crippen LogP contribution in [-0.2, 0) is 10.4 Å². The molecule has 0 spiro atoms. The van der Waals surface area contributed by atoms with E-state index in [1.165, 1.54) is 6.07 Å². The summed E-state index contributed by atoms with van der Waals surface area (Å²) in [6.45, 7) is 0. The van der Waals surface area contributed by atoms with Gasteiger partial charge in [0.25, 0.3) is 0 Å². The van der Waals surface area contributed by atoms with E-state index < -0.39 is 16.4 Å². The largest absolute Gasteiger partial charge is 0.478 e. The number of carboxylic acids is 1. The van der Waals surface area contributed by atoms with Crippen molar-refractivity contribution in [3.8, 4) is 0 Å². The lowest BCUT2D eigenvalue weighted by Crippen LogP contribution is -2.11. The summed E-state index contributed by atoms with van der Waals surface area (Å²) in [6.07, 6.45) is 0. The smallest absolute Gasteiger partial charge is 0.394 e. The molecule has 0 radical (unpaired) electrons. The molecule has 1 rings (SSSR count). The number of benzene rings is 1. The minimum atomic E-state index is -4.67. The van der Waals surface area contributed by atoms with Crippen LogP contribution in [-0.4, -0.2) is 28.6 Å². The first-order valence-electron chi connectivity index (χ1n) is 3.74. The molecule has 0 saturated heterocycles. The number of carboxylic acid groups (broad SMARTS) is 1. The molecule has 0 amide bonds. The van der Waals surface area contributed by atoms with Crippen molar-refractivity contribution in [3.05, 3.63) is 29.8 Å². The molecule has 8 nitrogen and oxygen atoms in total. The van der Waals surface area contributed by atoms with Crippen LogP contribution in [0.3, 0.4) is 0 Å². The fraction of sp³-hybridized carbons (Fsp3) is 0. The van der Waals surface area contributed by atoms with E-state index in [-0.39, 0.29) is 5.56 Å². The van der Waals surface area contributed by atoms with Gasteiger partial charge in [0.05, 0.1) is 11.3 Å². The van der Waals surface area contributed by atoms with Gasteiger partial charge >= 0.3 is 16.4 Å². The normalized spacial score (nSPS) is 9.94. The Morgan fingerprint density at radius 1 is 1.25 bits per heavy atom. The Labute approximate surface area is 91.2 Å². The number of hydrogen-bond acceptors (Lipinski definition) is 5. The molecule has 1 aromatic carbocycles. The van der Waals surface area contributed by atoms with E-state index in [4.69, 9.17) is 28.5 Å². The van der Waals surface area contributed by atoms with E-state index >= 15 is 0 Å². The minimum Gasteiger partial charge on any atom is -0.478 e. The molecule has 0 aliphatic carbocycles. The number of nitrogen functional groups attached to an aromatic ring is 1. The summed E-state index contributed by atoms with van der Waals surface area (Å²) < 4.78 is 31.6. The molecule has 0 atom stereocenters. The second kappa shape index (κ2) is 6.02. The van der Waals surface area contributed by atoms with Crippen LogP contribution < -0.4 is 11.3 Å². The van der Waals surface area contributed by atoms with Gasteiger partial charge in [0.15, 0.2) is 0 Å². The van der Waals surface area contributed by atoms with E-state index in [1.807, 2.05) is 0 Å². The molecule has 0 saturated carbocycles. The van der Waals surface area contributed by atoms with Crippen molar-refractivity contribution in [1.82, 2.24) is 0 Å². The van der Waals surface area contributed by atoms with Crippen molar-refractivity contribution in [2.24, 2.45) is 5.84 Å². The molecular formula is C7H10N2O6S. The van der Waals surface area contributed by atoms with Crippen LogP contribution in [0.4, 0.5) is 5.69 Å². The zero-order chi connectivity index (χ0) is 12.8. The number of hydrogen-bond donors (Lipinski definition) is 5. The Bertz CT molecular complexity index is 450. The van der Waals surface area contributed by atoms with Gasteiger partial charge in [-0.1, -0.05) is 12.1 Å². The number of aromatic carboxylic acids is 1. The van der Waals surface area contributed by atoms with Crippen LogP contribution in [0.5, 0.6) is 0 Å². The van der Waals surface area contributed by atoms with Crippen LogP contribution >= 0.6 is 0 Å². The Hall–Kier alpha value is -1.68. The summed E-state index contributed by atoms with van der Waals surface area (Å²) in [4.78, 5) is 10.5. The molecule has 90 valence electrons. The van der Waals surface area contributed by atoms with E-state index in [0.29, 0.717) is 5.69 Å². The molecule has 6 N–H and O–H groups in total. The zero-order valence-corrected chi connectivity index (χ0v) is 8.68. The van der Waals surface area contributed by atoms with Crippen LogP contribution in [0.15, 0.2) is 24.3 Å². The van der Waals surface area contributed by atoms with Gasteiger partial charge < -0.3 is 10.5 Å². The first-order chi connectivity index (χ1) is 7.25. The highest BCUT2D eigenvalue weighted by Crippen LogP contribution is 2.12. The van der Waals surface area contributed by atoms with Crippen molar-refractivity contribution in [2.75, 3.05) is 5.43 Å². The molecule has 0 aliphatic heterocycles. The zero-order valence-electron chi connectivity index (χ0n) is 7.86. The predicted molar refractivity (Wildman–Crippen MR) is 55.4 cm³/mol. The first-order valence-corrected chi connectivity index (χ1v) is 5.14. The summed E-state index contributed by atoms with van der Waals surface area (Å²) in [5.41, 5.74) is 2.89. The number of nitrogens with two attached hydrogens (primary N) is 1. The van der Waals surface area contributed by atoms with Crippen molar-refractivity contribution in [3.63, 3.8) is 0 Å². The standard InChI is InChI=1S/C7H8N2O2.H2O4S/c8-9-6-4-2-1-3-5(6)7(10)11;1-5(2,3)4/h1-4,9H,8H2,(H,10,11);(H2,1,2,3,4). The number of rotatable bonds is 2. The highest BCUT2D eigenvalue weighted by Gasteiger charge is 2.06. The van der Waals surface area contributed by atoms with Gasteiger partial charge in [-0.05, 0) is 12.1 Å². The fourth-order valence-electron chi connectivity index (χ4n) is 0.795. The van der Waals surface area contributed by atoms with Crippen molar-refractivity contribution < 1.29 is 27.4 Å². The van der Waals surface area contributed by atoms with E-state index in [1.54, 1.807) is 18.2 Å². The Morgan fingerprint density at radius 2 is 1.69 bits per heavy atom. The van der Waals surface area contributed by atoms with Gasteiger partial charge in [-0.3, -0.25) is 14.9 Å². The number of anilines is 1. The highest BCUT2D eigenvalue weighted by atomic mass is 32.3. The van der Waals surface area contributed by atoms with E-state index in [9.17, 15) is 4.79 Å². The Balaban J connectivity index is 0.000000385. The molecule has 0 fully saturated rings. The number of carbonyl (C=O) groups is 1. The van der Waals surface area contributed by atoms with E-state index in [2.05, 4.69) is 5.43 Å². The fourth-order valence-corrected chi connectivity index (χ4v) is 0.795. The molecule has 1 aromatic rings. The maximum absolute atomic E-state index is 10.5. The maximum Gasteiger partial charge on any atom is 0.394 e. The summed E-state index contributed by atoms with van der Waals surface area (Å²) in [6, 6.07) is 6.44. The average Bonchev–Trinajstić information content (AvgIpc) is 2.15. The molecule has 9 heteroatoms.